The first-order chi connectivity index (χ1) is 14.2. The van der Waals surface area contributed by atoms with Gasteiger partial charge in [-0.25, -0.2) is 13.4 Å². The molecule has 0 bridgehead atoms. The molecule has 1 saturated heterocycles. The minimum atomic E-state index is -3.11. The van der Waals surface area contributed by atoms with E-state index in [1.165, 1.54) is 6.26 Å². The smallest absolute Gasteiger partial charge is 0.291 e. The average Bonchev–Trinajstić information content (AvgIpc) is 3.23. The van der Waals surface area contributed by atoms with Crippen molar-refractivity contribution in [3.63, 3.8) is 0 Å². The molecule has 2 N–H and O–H groups in total. The van der Waals surface area contributed by atoms with Crippen LogP contribution in [-0.4, -0.2) is 55.3 Å². The molecule has 1 aromatic heterocycles. The third-order valence-corrected chi connectivity index (χ3v) is 7.58. The van der Waals surface area contributed by atoms with E-state index in [0.29, 0.717) is 37.8 Å². The van der Waals surface area contributed by atoms with Crippen LogP contribution in [0, 0.1) is 0 Å². The van der Waals surface area contributed by atoms with Crippen LogP contribution in [-0.2, 0) is 16.4 Å². The highest BCUT2D eigenvalue weighted by Gasteiger charge is 2.40. The molecular formula is C21H29IN4O4S. The van der Waals surface area contributed by atoms with E-state index < -0.39 is 14.6 Å². The number of nitrogens with one attached hydrogen (secondary N) is 2. The first-order valence-electron chi connectivity index (χ1n) is 9.91. The van der Waals surface area contributed by atoms with Crippen molar-refractivity contribution in [2.24, 2.45) is 4.99 Å². The number of nitrogens with zero attached hydrogens (tertiary/aromatic N) is 2. The minimum Gasteiger partial charge on any atom is -0.459 e. The second-order valence-corrected chi connectivity index (χ2v) is 10.5. The molecule has 1 aliphatic rings. The Morgan fingerprint density at radius 3 is 2.52 bits per heavy atom. The Balaban J connectivity index is 0.00000341. The number of hydrogen-bond donors (Lipinski definition) is 2. The zero-order chi connectivity index (χ0) is 21.8. The molecule has 170 valence electrons. The van der Waals surface area contributed by atoms with Crippen molar-refractivity contribution in [1.29, 1.82) is 0 Å². The molecule has 0 radical (unpaired) electrons. The van der Waals surface area contributed by atoms with Crippen molar-refractivity contribution >= 4 is 51.4 Å². The molecule has 0 saturated carbocycles. The van der Waals surface area contributed by atoms with E-state index in [9.17, 15) is 13.2 Å². The van der Waals surface area contributed by atoms with Crippen LogP contribution in [0.15, 0.2) is 52.1 Å². The number of rotatable bonds is 5. The van der Waals surface area contributed by atoms with Gasteiger partial charge in [0.05, 0.1) is 23.3 Å². The second kappa shape index (κ2) is 10.5. The zero-order valence-electron chi connectivity index (χ0n) is 17.9. The van der Waals surface area contributed by atoms with Crippen molar-refractivity contribution in [3.8, 4) is 0 Å². The van der Waals surface area contributed by atoms with Crippen molar-refractivity contribution in [2.75, 3.05) is 30.7 Å². The van der Waals surface area contributed by atoms with Crippen LogP contribution in [0.25, 0.3) is 0 Å². The molecule has 8 nitrogen and oxygen atoms in total. The van der Waals surface area contributed by atoms with Crippen LogP contribution in [0.1, 0.15) is 36.9 Å². The predicted molar refractivity (Wildman–Crippen MR) is 133 cm³/mol. The molecule has 10 heteroatoms. The van der Waals surface area contributed by atoms with Crippen LogP contribution in [0.3, 0.4) is 0 Å². The van der Waals surface area contributed by atoms with Crippen LogP contribution < -0.4 is 10.6 Å². The molecule has 0 unspecified atom stereocenters. The zero-order valence-corrected chi connectivity index (χ0v) is 21.1. The summed E-state index contributed by atoms with van der Waals surface area (Å²) in [7, 11) is -3.11. The Morgan fingerprint density at radius 1 is 1.23 bits per heavy atom. The molecule has 0 aliphatic carbocycles. The van der Waals surface area contributed by atoms with Crippen molar-refractivity contribution in [3.05, 3.63) is 54.0 Å². The first-order valence-corrected chi connectivity index (χ1v) is 11.6. The summed E-state index contributed by atoms with van der Waals surface area (Å²) < 4.78 is 28.8. The highest BCUT2D eigenvalue weighted by molar-refractivity contribution is 14.0. The molecule has 2 aromatic rings. The summed E-state index contributed by atoms with van der Waals surface area (Å²) in [5.41, 5.74) is 1.64. The predicted octanol–water partition coefficient (Wildman–Crippen LogP) is 3.12. The van der Waals surface area contributed by atoms with Gasteiger partial charge in [0.2, 0.25) is 0 Å². The summed E-state index contributed by atoms with van der Waals surface area (Å²) in [6.45, 7) is 7.46. The highest BCUT2D eigenvalue weighted by atomic mass is 127. The fourth-order valence-corrected chi connectivity index (χ4v) is 4.58. The summed E-state index contributed by atoms with van der Waals surface area (Å²) >= 11 is 0. The quantitative estimate of drug-likeness (QED) is 0.331. The number of anilines is 1. The lowest BCUT2D eigenvalue weighted by atomic mass is 10.2. The van der Waals surface area contributed by atoms with E-state index >= 15 is 0 Å². The standard InChI is InChI=1S/C21H28N4O4S.HI/c1-4-22-20(25-11-13-30(27,28)21(2,3)15-25)23-14-16-7-9-17(10-8-16)24-19(26)18-6-5-12-29-18;/h5-10,12H,4,11,13-15H2,1-3H3,(H,22,23)(H,24,26);1H. The maximum atomic E-state index is 12.3. The van der Waals surface area contributed by atoms with Crippen LogP contribution >= 0.6 is 24.0 Å². The Bertz CT molecular complexity index is 1000. The summed E-state index contributed by atoms with van der Waals surface area (Å²) in [6.07, 6.45) is 1.46. The van der Waals surface area contributed by atoms with Gasteiger partial charge in [0, 0.05) is 25.3 Å². The van der Waals surface area contributed by atoms with Crippen LogP contribution in [0.4, 0.5) is 5.69 Å². The summed E-state index contributed by atoms with van der Waals surface area (Å²) in [6, 6.07) is 10.7. The van der Waals surface area contributed by atoms with E-state index in [-0.39, 0.29) is 41.4 Å². The number of hydrogen-bond acceptors (Lipinski definition) is 5. The van der Waals surface area contributed by atoms with Gasteiger partial charge in [0.15, 0.2) is 21.6 Å². The van der Waals surface area contributed by atoms with E-state index in [4.69, 9.17) is 4.42 Å². The summed E-state index contributed by atoms with van der Waals surface area (Å²) in [4.78, 5) is 18.7. The number of aliphatic imine (C=N–C) groups is 1. The Hall–Kier alpha value is -2.08. The van der Waals surface area contributed by atoms with Gasteiger partial charge < -0.3 is 20.0 Å². The van der Waals surface area contributed by atoms with Crippen molar-refractivity contribution in [2.45, 2.75) is 32.1 Å². The Labute approximate surface area is 200 Å². The molecular weight excluding hydrogens is 531 g/mol. The van der Waals surface area contributed by atoms with Crippen LogP contribution in [0.2, 0.25) is 0 Å². The van der Waals surface area contributed by atoms with Gasteiger partial charge in [0.25, 0.3) is 5.91 Å². The lowest BCUT2D eigenvalue weighted by Gasteiger charge is -2.39. The van der Waals surface area contributed by atoms with Gasteiger partial charge in [-0.15, -0.1) is 24.0 Å². The first kappa shape index (κ1) is 25.2. The summed E-state index contributed by atoms with van der Waals surface area (Å²) in [5.74, 6) is 0.776. The fourth-order valence-electron chi connectivity index (χ4n) is 3.21. The molecule has 1 fully saturated rings. The Kier molecular flexibility index (Phi) is 8.52. The second-order valence-electron chi connectivity index (χ2n) is 7.80. The van der Waals surface area contributed by atoms with E-state index in [2.05, 4.69) is 15.6 Å². The molecule has 1 aromatic carbocycles. The molecule has 0 atom stereocenters. The van der Waals surface area contributed by atoms with Gasteiger partial charge in [0.1, 0.15) is 0 Å². The third kappa shape index (κ3) is 6.22. The van der Waals surface area contributed by atoms with Gasteiger partial charge in [-0.05, 0) is 50.6 Å². The Morgan fingerprint density at radius 2 is 1.94 bits per heavy atom. The normalized spacial score (nSPS) is 17.5. The molecule has 3 rings (SSSR count). The van der Waals surface area contributed by atoms with E-state index in [0.717, 1.165) is 5.56 Å². The number of amides is 1. The van der Waals surface area contributed by atoms with Crippen molar-refractivity contribution in [1.82, 2.24) is 10.2 Å². The fraction of sp³-hybridized carbons (Fsp3) is 0.429. The summed E-state index contributed by atoms with van der Waals surface area (Å²) in [5, 5.41) is 6.03. The number of furan rings is 1. The van der Waals surface area contributed by atoms with Gasteiger partial charge in [-0.1, -0.05) is 12.1 Å². The molecule has 1 aliphatic heterocycles. The van der Waals surface area contributed by atoms with Crippen LogP contribution in [0.5, 0.6) is 0 Å². The number of halogens is 1. The van der Waals surface area contributed by atoms with Crippen molar-refractivity contribution < 1.29 is 17.6 Å². The SMILES string of the molecule is CCNC(=NCc1ccc(NC(=O)c2ccco2)cc1)N1CCS(=O)(=O)C(C)(C)C1.I. The van der Waals surface area contributed by atoms with Gasteiger partial charge >= 0.3 is 0 Å². The largest absolute Gasteiger partial charge is 0.459 e. The van der Waals surface area contributed by atoms with E-state index in [1.807, 2.05) is 36.1 Å². The average molecular weight is 560 g/mol. The molecule has 1 amide bonds. The highest BCUT2D eigenvalue weighted by Crippen LogP contribution is 2.24. The minimum absolute atomic E-state index is 0. The molecule has 31 heavy (non-hydrogen) atoms. The molecule has 0 spiro atoms. The number of carbonyl (C=O) groups excluding carboxylic acids is 1. The monoisotopic (exact) mass is 560 g/mol. The lowest BCUT2D eigenvalue weighted by molar-refractivity contribution is 0.0996. The maximum absolute atomic E-state index is 12.3. The number of benzene rings is 1. The number of carbonyl (C=O) groups is 1. The number of guanidine groups is 1. The topological polar surface area (TPSA) is 104 Å². The molecule has 2 heterocycles. The van der Waals surface area contributed by atoms with Gasteiger partial charge in [-0.2, -0.15) is 0 Å². The van der Waals surface area contributed by atoms with Gasteiger partial charge in [-0.3, -0.25) is 4.79 Å². The van der Waals surface area contributed by atoms with E-state index in [1.54, 1.807) is 26.0 Å². The third-order valence-electron chi connectivity index (χ3n) is 5.05. The maximum Gasteiger partial charge on any atom is 0.291 e. The number of sulfone groups is 1. The lowest BCUT2D eigenvalue weighted by Crippen LogP contribution is -2.57.